The molecule has 2 fully saturated rings. The van der Waals surface area contributed by atoms with E-state index in [2.05, 4.69) is 10.2 Å². The molecule has 6 heteroatoms. The molecule has 0 aromatic carbocycles. The van der Waals surface area contributed by atoms with E-state index in [9.17, 15) is 5.11 Å². The highest BCUT2D eigenvalue weighted by molar-refractivity contribution is 5.14. The van der Waals surface area contributed by atoms with Crippen LogP contribution in [0.25, 0.3) is 0 Å². The number of aliphatic hydroxyl groups is 1. The minimum absolute atomic E-state index is 0.133. The highest BCUT2D eigenvalue weighted by Crippen LogP contribution is 2.40. The molecule has 0 aliphatic carbocycles. The number of hydrogen-bond donors (Lipinski definition) is 1. The third-order valence-electron chi connectivity index (χ3n) is 4.22. The zero-order valence-corrected chi connectivity index (χ0v) is 11.6. The van der Waals surface area contributed by atoms with E-state index in [4.69, 9.17) is 14.2 Å². The van der Waals surface area contributed by atoms with Gasteiger partial charge in [-0.05, 0) is 24.8 Å². The van der Waals surface area contributed by atoms with Crippen LogP contribution in [0.2, 0.25) is 0 Å². The molecule has 1 aromatic rings. The minimum atomic E-state index is -0.616. The Hall–Kier alpha value is -1.24. The second-order valence-electron chi connectivity index (χ2n) is 5.53. The SMILES string of the molecule is COc1ccc(C(O)C2CCOC3(CCOC3)C2)nn1. The summed E-state index contributed by atoms with van der Waals surface area (Å²) in [6.45, 7) is 2.03. The van der Waals surface area contributed by atoms with Gasteiger partial charge in [0.15, 0.2) is 0 Å². The molecule has 1 aromatic heterocycles. The fraction of sp³-hybridized carbons (Fsp3) is 0.714. The maximum absolute atomic E-state index is 10.5. The lowest BCUT2D eigenvalue weighted by Crippen LogP contribution is -2.42. The van der Waals surface area contributed by atoms with Crippen LogP contribution in [0.15, 0.2) is 12.1 Å². The van der Waals surface area contributed by atoms with Gasteiger partial charge in [0, 0.05) is 25.7 Å². The van der Waals surface area contributed by atoms with Crippen LogP contribution in [-0.4, -0.2) is 47.8 Å². The molecule has 0 amide bonds. The number of aromatic nitrogens is 2. The molecule has 3 unspecified atom stereocenters. The largest absolute Gasteiger partial charge is 0.480 e. The molecule has 2 saturated heterocycles. The van der Waals surface area contributed by atoms with Crippen LogP contribution in [0.5, 0.6) is 5.88 Å². The number of aliphatic hydroxyl groups excluding tert-OH is 1. The van der Waals surface area contributed by atoms with Crippen molar-refractivity contribution < 1.29 is 19.3 Å². The summed E-state index contributed by atoms with van der Waals surface area (Å²) in [6, 6.07) is 3.49. The van der Waals surface area contributed by atoms with E-state index in [1.165, 1.54) is 0 Å². The van der Waals surface area contributed by atoms with Crippen LogP contribution in [0.1, 0.15) is 31.1 Å². The fourth-order valence-corrected chi connectivity index (χ4v) is 3.04. The third-order valence-corrected chi connectivity index (χ3v) is 4.22. The normalized spacial score (nSPS) is 31.4. The highest BCUT2D eigenvalue weighted by atomic mass is 16.6. The van der Waals surface area contributed by atoms with Gasteiger partial charge in [0.05, 0.1) is 25.0 Å². The van der Waals surface area contributed by atoms with Gasteiger partial charge in [0.25, 0.3) is 0 Å². The molecule has 3 rings (SSSR count). The van der Waals surface area contributed by atoms with Gasteiger partial charge in [0.2, 0.25) is 5.88 Å². The van der Waals surface area contributed by atoms with Crippen molar-refractivity contribution in [2.45, 2.75) is 31.0 Å². The lowest BCUT2D eigenvalue weighted by Gasteiger charge is -2.38. The van der Waals surface area contributed by atoms with Crippen molar-refractivity contribution in [3.05, 3.63) is 17.8 Å². The van der Waals surface area contributed by atoms with E-state index in [-0.39, 0.29) is 11.5 Å². The Kier molecular flexibility index (Phi) is 3.87. The Morgan fingerprint density at radius 3 is 2.95 bits per heavy atom. The van der Waals surface area contributed by atoms with Crippen molar-refractivity contribution in [2.24, 2.45) is 5.92 Å². The molecule has 6 nitrogen and oxygen atoms in total. The molecular formula is C14H20N2O4. The van der Waals surface area contributed by atoms with E-state index in [1.54, 1.807) is 19.2 Å². The van der Waals surface area contributed by atoms with Crippen molar-refractivity contribution in [1.82, 2.24) is 10.2 Å². The van der Waals surface area contributed by atoms with Gasteiger partial charge in [-0.1, -0.05) is 0 Å². The van der Waals surface area contributed by atoms with Gasteiger partial charge in [-0.15, -0.1) is 10.2 Å². The third kappa shape index (κ3) is 2.63. The summed E-state index contributed by atoms with van der Waals surface area (Å²) in [5, 5.41) is 18.5. The highest BCUT2D eigenvalue weighted by Gasteiger charge is 2.43. The van der Waals surface area contributed by atoms with Crippen LogP contribution >= 0.6 is 0 Å². The summed E-state index contributed by atoms with van der Waals surface area (Å²) in [7, 11) is 1.54. The van der Waals surface area contributed by atoms with Crippen LogP contribution in [0, 0.1) is 5.92 Å². The quantitative estimate of drug-likeness (QED) is 0.894. The fourth-order valence-electron chi connectivity index (χ4n) is 3.04. The van der Waals surface area contributed by atoms with Gasteiger partial charge in [-0.3, -0.25) is 0 Å². The minimum Gasteiger partial charge on any atom is -0.480 e. The first kappa shape index (κ1) is 13.7. The predicted octanol–water partition coefficient (Wildman–Crippen LogP) is 1.10. The van der Waals surface area contributed by atoms with Crippen molar-refractivity contribution in [3.63, 3.8) is 0 Å². The van der Waals surface area contributed by atoms with Crippen molar-refractivity contribution in [2.75, 3.05) is 26.9 Å². The Labute approximate surface area is 118 Å². The molecule has 2 aliphatic heterocycles. The topological polar surface area (TPSA) is 73.7 Å². The molecule has 0 saturated carbocycles. The van der Waals surface area contributed by atoms with Crippen molar-refractivity contribution in [1.29, 1.82) is 0 Å². The van der Waals surface area contributed by atoms with Crippen molar-refractivity contribution >= 4 is 0 Å². The standard InChI is InChI=1S/C14H20N2O4/c1-18-12-3-2-11(15-16-12)13(17)10-4-6-20-14(8-10)5-7-19-9-14/h2-3,10,13,17H,4-9H2,1H3. The van der Waals surface area contributed by atoms with E-state index >= 15 is 0 Å². The molecule has 3 atom stereocenters. The number of rotatable bonds is 3. The van der Waals surface area contributed by atoms with Gasteiger partial charge < -0.3 is 19.3 Å². The summed E-state index contributed by atoms with van der Waals surface area (Å²) in [4.78, 5) is 0. The second kappa shape index (κ2) is 5.63. The molecule has 1 N–H and O–H groups in total. The Morgan fingerprint density at radius 2 is 2.30 bits per heavy atom. The molecule has 3 heterocycles. The molecular weight excluding hydrogens is 260 g/mol. The summed E-state index contributed by atoms with van der Waals surface area (Å²) in [5.74, 6) is 0.585. The van der Waals surface area contributed by atoms with E-state index in [1.807, 2.05) is 0 Å². The zero-order valence-electron chi connectivity index (χ0n) is 11.6. The van der Waals surface area contributed by atoms with Crippen LogP contribution < -0.4 is 4.74 Å². The van der Waals surface area contributed by atoms with Crippen LogP contribution in [-0.2, 0) is 9.47 Å². The lowest BCUT2D eigenvalue weighted by atomic mass is 9.81. The maximum Gasteiger partial charge on any atom is 0.233 e. The van der Waals surface area contributed by atoms with Gasteiger partial charge in [0.1, 0.15) is 6.10 Å². The van der Waals surface area contributed by atoms with E-state index < -0.39 is 6.10 Å². The zero-order chi connectivity index (χ0) is 14.0. The smallest absolute Gasteiger partial charge is 0.233 e. The average Bonchev–Trinajstić information content (AvgIpc) is 2.94. The van der Waals surface area contributed by atoms with Gasteiger partial charge in [-0.2, -0.15) is 0 Å². The molecule has 1 spiro atoms. The molecule has 20 heavy (non-hydrogen) atoms. The Bertz CT molecular complexity index is 445. The monoisotopic (exact) mass is 280 g/mol. The van der Waals surface area contributed by atoms with E-state index in [0.717, 1.165) is 25.9 Å². The number of methoxy groups -OCH3 is 1. The van der Waals surface area contributed by atoms with Gasteiger partial charge >= 0.3 is 0 Å². The molecule has 2 aliphatic rings. The molecule has 0 bridgehead atoms. The summed E-state index contributed by atoms with van der Waals surface area (Å²) < 4.78 is 16.3. The number of nitrogens with zero attached hydrogens (tertiary/aromatic N) is 2. The first-order valence-corrected chi connectivity index (χ1v) is 7.00. The lowest BCUT2D eigenvalue weighted by molar-refractivity contribution is -0.117. The first-order valence-electron chi connectivity index (χ1n) is 7.00. The molecule has 0 radical (unpaired) electrons. The maximum atomic E-state index is 10.5. The molecule has 110 valence electrons. The summed E-state index contributed by atoms with van der Waals surface area (Å²) >= 11 is 0. The number of ether oxygens (including phenoxy) is 3. The Balaban J connectivity index is 1.70. The predicted molar refractivity (Wildman–Crippen MR) is 70.4 cm³/mol. The average molecular weight is 280 g/mol. The van der Waals surface area contributed by atoms with E-state index in [0.29, 0.717) is 24.8 Å². The Morgan fingerprint density at radius 1 is 1.40 bits per heavy atom. The summed E-state index contributed by atoms with van der Waals surface area (Å²) in [5.41, 5.74) is 0.385. The van der Waals surface area contributed by atoms with Crippen LogP contribution in [0.4, 0.5) is 0 Å². The van der Waals surface area contributed by atoms with Crippen molar-refractivity contribution in [3.8, 4) is 5.88 Å². The first-order chi connectivity index (χ1) is 9.72. The number of hydrogen-bond acceptors (Lipinski definition) is 6. The van der Waals surface area contributed by atoms with Crippen LogP contribution in [0.3, 0.4) is 0 Å². The van der Waals surface area contributed by atoms with Gasteiger partial charge in [-0.25, -0.2) is 0 Å². The summed E-state index contributed by atoms with van der Waals surface area (Å²) in [6.07, 6.45) is 1.93. The second-order valence-corrected chi connectivity index (χ2v) is 5.53.